The van der Waals surface area contributed by atoms with E-state index in [2.05, 4.69) is 5.16 Å². The fourth-order valence-electron chi connectivity index (χ4n) is 2.18. The largest absolute Gasteiger partial charge is 0.356 e. The zero-order valence-corrected chi connectivity index (χ0v) is 12.3. The normalized spacial score (nSPS) is 19.1. The van der Waals surface area contributed by atoms with Gasteiger partial charge in [-0.2, -0.15) is 0 Å². The SMILES string of the molecule is CN1C(c2c(Cl)cccc2Cl)=NOC12C=CC=CC=C2. The first-order valence-corrected chi connectivity index (χ1v) is 6.88. The smallest absolute Gasteiger partial charge is 0.249 e. The van der Waals surface area contributed by atoms with Crippen LogP contribution in [0.3, 0.4) is 0 Å². The van der Waals surface area contributed by atoms with Crippen LogP contribution in [0.15, 0.2) is 59.8 Å². The van der Waals surface area contributed by atoms with Gasteiger partial charge in [-0.3, -0.25) is 0 Å². The lowest BCUT2D eigenvalue weighted by molar-refractivity contribution is -0.00946. The Hall–Kier alpha value is -1.71. The molecule has 0 saturated heterocycles. The Kier molecular flexibility index (Phi) is 3.32. The number of hydrogen-bond donors (Lipinski definition) is 0. The van der Waals surface area contributed by atoms with Gasteiger partial charge in [-0.05, 0) is 24.3 Å². The number of amidine groups is 1. The summed E-state index contributed by atoms with van der Waals surface area (Å²) in [5, 5.41) is 5.26. The van der Waals surface area contributed by atoms with Crippen molar-refractivity contribution in [3.05, 3.63) is 70.3 Å². The minimum absolute atomic E-state index is 0.545. The number of halogens is 2. The molecule has 0 fully saturated rings. The van der Waals surface area contributed by atoms with Crippen LogP contribution in [0.25, 0.3) is 0 Å². The lowest BCUT2D eigenvalue weighted by Gasteiger charge is -2.29. The van der Waals surface area contributed by atoms with Gasteiger partial charge in [0.2, 0.25) is 5.72 Å². The van der Waals surface area contributed by atoms with Crippen LogP contribution in [0.4, 0.5) is 0 Å². The highest BCUT2D eigenvalue weighted by molar-refractivity contribution is 6.40. The first-order chi connectivity index (χ1) is 9.64. The number of hydrogen-bond acceptors (Lipinski definition) is 3. The van der Waals surface area contributed by atoms with Crippen molar-refractivity contribution >= 4 is 29.0 Å². The van der Waals surface area contributed by atoms with E-state index in [9.17, 15) is 0 Å². The van der Waals surface area contributed by atoms with Gasteiger partial charge in [0, 0.05) is 7.05 Å². The number of oxime groups is 1. The van der Waals surface area contributed by atoms with Gasteiger partial charge < -0.3 is 9.74 Å². The summed E-state index contributed by atoms with van der Waals surface area (Å²) in [6.07, 6.45) is 11.6. The molecule has 3 nitrogen and oxygen atoms in total. The summed E-state index contributed by atoms with van der Waals surface area (Å²) in [7, 11) is 1.89. The van der Waals surface area contributed by atoms with E-state index in [1.807, 2.05) is 48.4 Å². The van der Waals surface area contributed by atoms with Crippen molar-refractivity contribution in [2.45, 2.75) is 5.72 Å². The van der Waals surface area contributed by atoms with Crippen molar-refractivity contribution < 1.29 is 4.84 Å². The average molecular weight is 307 g/mol. The molecule has 0 unspecified atom stereocenters. The summed E-state index contributed by atoms with van der Waals surface area (Å²) in [6.45, 7) is 0. The summed E-state index contributed by atoms with van der Waals surface area (Å²) < 4.78 is 0. The summed E-state index contributed by atoms with van der Waals surface area (Å²) in [6, 6.07) is 5.37. The number of likely N-dealkylation sites (N-methyl/N-ethyl adjacent to an activating group) is 1. The highest BCUT2D eigenvalue weighted by atomic mass is 35.5. The monoisotopic (exact) mass is 306 g/mol. The van der Waals surface area contributed by atoms with Crippen molar-refractivity contribution in [1.29, 1.82) is 0 Å². The number of rotatable bonds is 1. The number of allylic oxidation sites excluding steroid dienone is 4. The minimum atomic E-state index is -0.735. The predicted octanol–water partition coefficient (Wildman–Crippen LogP) is 4.00. The van der Waals surface area contributed by atoms with Gasteiger partial charge in [0.25, 0.3) is 0 Å². The van der Waals surface area contributed by atoms with Gasteiger partial charge in [-0.1, -0.05) is 58.7 Å². The lowest BCUT2D eigenvalue weighted by atomic mass is 10.1. The van der Waals surface area contributed by atoms with Crippen LogP contribution in [0.5, 0.6) is 0 Å². The van der Waals surface area contributed by atoms with Gasteiger partial charge in [-0.25, -0.2) is 0 Å². The van der Waals surface area contributed by atoms with Gasteiger partial charge in [0.15, 0.2) is 5.84 Å². The van der Waals surface area contributed by atoms with Crippen LogP contribution in [0.1, 0.15) is 5.56 Å². The van der Waals surface area contributed by atoms with Crippen LogP contribution in [-0.2, 0) is 4.84 Å². The molecule has 3 rings (SSSR count). The molecule has 20 heavy (non-hydrogen) atoms. The first-order valence-electron chi connectivity index (χ1n) is 6.12. The van der Waals surface area contributed by atoms with E-state index in [-0.39, 0.29) is 0 Å². The summed E-state index contributed by atoms with van der Waals surface area (Å²) in [5.41, 5.74) is -0.0596. The molecule has 0 N–H and O–H groups in total. The van der Waals surface area contributed by atoms with Gasteiger partial charge >= 0.3 is 0 Å². The fraction of sp³-hybridized carbons (Fsp3) is 0.133. The van der Waals surface area contributed by atoms with Crippen molar-refractivity contribution in [2.75, 3.05) is 7.05 Å². The second-order valence-corrected chi connectivity index (χ2v) is 5.33. The topological polar surface area (TPSA) is 24.8 Å². The molecule has 0 radical (unpaired) electrons. The van der Waals surface area contributed by atoms with Crippen LogP contribution in [0.2, 0.25) is 10.0 Å². The molecule has 1 aromatic rings. The Morgan fingerprint density at radius 2 is 1.65 bits per heavy atom. The van der Waals surface area contributed by atoms with E-state index >= 15 is 0 Å². The maximum absolute atomic E-state index is 6.24. The number of nitrogens with zero attached hydrogens (tertiary/aromatic N) is 2. The second-order valence-electron chi connectivity index (χ2n) is 4.52. The molecule has 1 aliphatic heterocycles. The third kappa shape index (κ3) is 2.03. The first kappa shape index (κ1) is 13.3. The van der Waals surface area contributed by atoms with Crippen LogP contribution >= 0.6 is 23.2 Å². The Morgan fingerprint density at radius 1 is 1.05 bits per heavy atom. The molecule has 0 bridgehead atoms. The summed E-state index contributed by atoms with van der Waals surface area (Å²) in [5.74, 6) is 0.608. The molecule has 1 heterocycles. The second kappa shape index (κ2) is 5.00. The average Bonchev–Trinajstić information content (AvgIpc) is 2.63. The Bertz CT molecular complexity index is 626. The third-order valence-corrected chi connectivity index (χ3v) is 3.94. The molecular formula is C15H12Cl2N2O. The van der Waals surface area contributed by atoms with Crippen molar-refractivity contribution in [1.82, 2.24) is 4.90 Å². The predicted molar refractivity (Wildman–Crippen MR) is 82.0 cm³/mol. The van der Waals surface area contributed by atoms with Crippen LogP contribution in [0, 0.1) is 0 Å². The zero-order chi connectivity index (χ0) is 14.2. The quantitative estimate of drug-likeness (QED) is 0.783. The Balaban J connectivity index is 2.03. The van der Waals surface area contributed by atoms with E-state index in [0.717, 1.165) is 0 Å². The maximum atomic E-state index is 6.24. The van der Waals surface area contributed by atoms with Crippen molar-refractivity contribution in [2.24, 2.45) is 5.16 Å². The molecule has 0 amide bonds. The lowest BCUT2D eigenvalue weighted by Crippen LogP contribution is -2.43. The van der Waals surface area contributed by atoms with Crippen molar-refractivity contribution in [3.63, 3.8) is 0 Å². The molecule has 1 spiro atoms. The molecule has 2 aliphatic rings. The standard InChI is InChI=1S/C15H12Cl2N2O/c1-19-14(13-11(16)7-6-8-12(13)17)18-20-15(19)9-4-2-3-5-10-15/h2-10H,1H3. The third-order valence-electron chi connectivity index (χ3n) is 3.31. The van der Waals surface area contributed by atoms with E-state index in [0.29, 0.717) is 21.4 Å². The van der Waals surface area contributed by atoms with Gasteiger partial charge in [-0.15, -0.1) is 0 Å². The summed E-state index contributed by atoms with van der Waals surface area (Å²) >= 11 is 12.5. The highest BCUT2D eigenvalue weighted by Crippen LogP contribution is 2.34. The molecule has 0 atom stereocenters. The van der Waals surface area contributed by atoms with Crippen molar-refractivity contribution in [3.8, 4) is 0 Å². The maximum Gasteiger partial charge on any atom is 0.249 e. The van der Waals surface area contributed by atoms with Gasteiger partial charge in [0.1, 0.15) is 0 Å². The molecule has 1 aromatic carbocycles. The Morgan fingerprint density at radius 3 is 2.25 bits per heavy atom. The van der Waals surface area contributed by atoms with Gasteiger partial charge in [0.05, 0.1) is 15.6 Å². The fourth-order valence-corrected chi connectivity index (χ4v) is 2.75. The minimum Gasteiger partial charge on any atom is -0.356 e. The molecule has 102 valence electrons. The van der Waals surface area contributed by atoms with Crippen LogP contribution in [-0.4, -0.2) is 23.5 Å². The molecule has 1 aliphatic carbocycles. The molecule has 0 saturated carbocycles. The van der Waals surface area contributed by atoms with E-state index in [1.165, 1.54) is 0 Å². The molecule has 0 aromatic heterocycles. The van der Waals surface area contributed by atoms with E-state index < -0.39 is 5.72 Å². The Labute approximate surface area is 127 Å². The number of benzene rings is 1. The van der Waals surface area contributed by atoms with E-state index in [1.54, 1.807) is 18.2 Å². The highest BCUT2D eigenvalue weighted by Gasteiger charge is 2.41. The molecular weight excluding hydrogens is 295 g/mol. The summed E-state index contributed by atoms with van der Waals surface area (Å²) in [4.78, 5) is 7.54. The van der Waals surface area contributed by atoms with Crippen LogP contribution < -0.4 is 0 Å². The molecule has 5 heteroatoms. The zero-order valence-electron chi connectivity index (χ0n) is 10.8. The van der Waals surface area contributed by atoms with E-state index in [4.69, 9.17) is 28.0 Å².